The van der Waals surface area contributed by atoms with E-state index >= 15 is 0 Å². The summed E-state index contributed by atoms with van der Waals surface area (Å²) in [4.78, 5) is 13.4. The maximum atomic E-state index is 11.7. The Morgan fingerprint density at radius 1 is 1.44 bits per heavy atom. The molecule has 16 heavy (non-hydrogen) atoms. The predicted molar refractivity (Wildman–Crippen MR) is 62.3 cm³/mol. The van der Waals surface area contributed by atoms with Gasteiger partial charge in [-0.25, -0.2) is 4.79 Å². The summed E-state index contributed by atoms with van der Waals surface area (Å²) >= 11 is 6.07. The third-order valence-electron chi connectivity index (χ3n) is 2.52. The first-order valence-corrected chi connectivity index (χ1v) is 5.67. The van der Waals surface area contributed by atoms with Crippen molar-refractivity contribution in [3.05, 3.63) is 34.3 Å². The summed E-state index contributed by atoms with van der Waals surface area (Å²) in [5.74, 6) is 0. The van der Waals surface area contributed by atoms with Crippen molar-refractivity contribution >= 4 is 17.7 Å². The molecule has 0 bridgehead atoms. The molecule has 0 N–H and O–H groups in total. The van der Waals surface area contributed by atoms with Gasteiger partial charge in [-0.2, -0.15) is 0 Å². The van der Waals surface area contributed by atoms with E-state index in [4.69, 9.17) is 16.3 Å². The van der Waals surface area contributed by atoms with Gasteiger partial charge in [0.1, 0.15) is 0 Å². The Morgan fingerprint density at radius 2 is 2.19 bits per heavy atom. The third-order valence-corrected chi connectivity index (χ3v) is 2.87. The number of benzene rings is 1. The van der Waals surface area contributed by atoms with Crippen LogP contribution in [-0.2, 0) is 17.8 Å². The van der Waals surface area contributed by atoms with E-state index < -0.39 is 0 Å². The van der Waals surface area contributed by atoms with E-state index in [2.05, 4.69) is 0 Å². The molecular formula is C12H14ClNO2. The van der Waals surface area contributed by atoms with Gasteiger partial charge in [0.05, 0.1) is 12.6 Å². The fourth-order valence-electron chi connectivity index (χ4n) is 1.79. The van der Waals surface area contributed by atoms with Gasteiger partial charge in [-0.1, -0.05) is 23.7 Å². The first kappa shape index (κ1) is 11.3. The minimum absolute atomic E-state index is 0.0910. The molecule has 0 aromatic heterocycles. The minimum Gasteiger partial charge on any atom is -0.447 e. The maximum absolute atomic E-state index is 11.7. The zero-order valence-corrected chi connectivity index (χ0v) is 10.1. The number of nitrogens with zero attached hydrogens (tertiary/aromatic N) is 1. The van der Waals surface area contributed by atoms with Crippen LogP contribution in [0.3, 0.4) is 0 Å². The number of carbonyl (C=O) groups excluding carboxylic acids is 1. The van der Waals surface area contributed by atoms with Crippen LogP contribution in [0, 0.1) is 0 Å². The molecule has 0 aliphatic carbocycles. The average molecular weight is 240 g/mol. The summed E-state index contributed by atoms with van der Waals surface area (Å²) in [5.41, 5.74) is 2.14. The Labute approximate surface area is 100.0 Å². The van der Waals surface area contributed by atoms with Crippen molar-refractivity contribution in [2.24, 2.45) is 0 Å². The lowest BCUT2D eigenvalue weighted by Crippen LogP contribution is -2.28. The molecule has 0 radical (unpaired) electrons. The molecule has 0 spiro atoms. The van der Waals surface area contributed by atoms with Crippen LogP contribution in [0.2, 0.25) is 5.02 Å². The second kappa shape index (κ2) is 4.34. The lowest BCUT2D eigenvalue weighted by atomic mass is 10.1. The second-order valence-electron chi connectivity index (χ2n) is 4.17. The van der Waals surface area contributed by atoms with Crippen molar-refractivity contribution in [1.82, 2.24) is 4.90 Å². The molecule has 0 saturated heterocycles. The lowest BCUT2D eigenvalue weighted by molar-refractivity contribution is 0.0760. The highest BCUT2D eigenvalue weighted by atomic mass is 35.5. The molecule has 1 aromatic rings. The number of ether oxygens (including phenoxy) is 1. The smallest absolute Gasteiger partial charge is 0.410 e. The van der Waals surface area contributed by atoms with Crippen LogP contribution in [0.5, 0.6) is 0 Å². The van der Waals surface area contributed by atoms with Crippen LogP contribution in [-0.4, -0.2) is 17.1 Å². The highest BCUT2D eigenvalue weighted by Gasteiger charge is 2.26. The average Bonchev–Trinajstić information content (AvgIpc) is 2.61. The molecule has 2 rings (SSSR count). The van der Waals surface area contributed by atoms with Gasteiger partial charge >= 0.3 is 6.09 Å². The zero-order chi connectivity index (χ0) is 11.7. The summed E-state index contributed by atoms with van der Waals surface area (Å²) in [7, 11) is 0. The summed E-state index contributed by atoms with van der Waals surface area (Å²) in [5, 5.41) is 0.720. The van der Waals surface area contributed by atoms with Crippen LogP contribution < -0.4 is 0 Å². The zero-order valence-electron chi connectivity index (χ0n) is 9.37. The maximum Gasteiger partial charge on any atom is 0.410 e. The van der Waals surface area contributed by atoms with E-state index in [0.29, 0.717) is 13.1 Å². The van der Waals surface area contributed by atoms with E-state index in [-0.39, 0.29) is 12.2 Å². The molecule has 1 aliphatic heterocycles. The van der Waals surface area contributed by atoms with Gasteiger partial charge in [0.15, 0.2) is 0 Å². The molecule has 0 saturated carbocycles. The fraction of sp³-hybridized carbons (Fsp3) is 0.417. The molecule has 0 atom stereocenters. The standard InChI is InChI=1S/C12H14ClNO2/c1-8(2)16-12(15)14-6-9-4-3-5-11(13)10(9)7-14/h3-5,8H,6-7H2,1-2H3. The molecule has 0 fully saturated rings. The van der Waals surface area contributed by atoms with Crippen molar-refractivity contribution in [3.63, 3.8) is 0 Å². The first-order valence-electron chi connectivity index (χ1n) is 5.29. The van der Waals surface area contributed by atoms with Crippen molar-refractivity contribution < 1.29 is 9.53 Å². The highest BCUT2D eigenvalue weighted by Crippen LogP contribution is 2.29. The van der Waals surface area contributed by atoms with Crippen molar-refractivity contribution in [2.75, 3.05) is 0 Å². The second-order valence-corrected chi connectivity index (χ2v) is 4.57. The SMILES string of the molecule is CC(C)OC(=O)N1Cc2cccc(Cl)c2C1. The van der Waals surface area contributed by atoms with E-state index in [0.717, 1.165) is 16.1 Å². The summed E-state index contributed by atoms with van der Waals surface area (Å²) in [6, 6.07) is 5.74. The van der Waals surface area contributed by atoms with Crippen molar-refractivity contribution in [3.8, 4) is 0 Å². The Kier molecular flexibility index (Phi) is 3.06. The van der Waals surface area contributed by atoms with Gasteiger partial charge in [-0.3, -0.25) is 4.90 Å². The van der Waals surface area contributed by atoms with E-state index in [1.54, 1.807) is 4.90 Å². The number of amides is 1. The van der Waals surface area contributed by atoms with Crippen LogP contribution in [0.25, 0.3) is 0 Å². The van der Waals surface area contributed by atoms with Gasteiger partial charge in [0.25, 0.3) is 0 Å². The Balaban J connectivity index is 2.11. The molecule has 4 heteroatoms. The van der Waals surface area contributed by atoms with Crippen LogP contribution in [0.4, 0.5) is 4.79 Å². The summed E-state index contributed by atoms with van der Waals surface area (Å²) in [6.07, 6.45) is -0.367. The number of carbonyl (C=O) groups is 1. The van der Waals surface area contributed by atoms with Gasteiger partial charge in [0.2, 0.25) is 0 Å². The molecule has 86 valence electrons. The predicted octanol–water partition coefficient (Wildman–Crippen LogP) is 3.20. The van der Waals surface area contributed by atoms with Gasteiger partial charge in [-0.05, 0) is 31.0 Å². The number of hydrogen-bond donors (Lipinski definition) is 0. The normalized spacial score (nSPS) is 14.1. The third kappa shape index (κ3) is 2.14. The van der Waals surface area contributed by atoms with Crippen molar-refractivity contribution in [1.29, 1.82) is 0 Å². The molecule has 1 heterocycles. The Hall–Kier alpha value is -1.22. The highest BCUT2D eigenvalue weighted by molar-refractivity contribution is 6.31. The van der Waals surface area contributed by atoms with Crippen LogP contribution >= 0.6 is 11.6 Å². The summed E-state index contributed by atoms with van der Waals surface area (Å²) in [6.45, 7) is 4.81. The van der Waals surface area contributed by atoms with E-state index in [1.807, 2.05) is 32.0 Å². The summed E-state index contributed by atoms with van der Waals surface area (Å²) < 4.78 is 5.15. The van der Waals surface area contributed by atoms with Crippen LogP contribution in [0.1, 0.15) is 25.0 Å². The number of fused-ring (bicyclic) bond motifs is 1. The van der Waals surface area contributed by atoms with Crippen LogP contribution in [0.15, 0.2) is 18.2 Å². The largest absolute Gasteiger partial charge is 0.447 e. The van der Waals surface area contributed by atoms with Gasteiger partial charge in [0, 0.05) is 11.6 Å². The number of rotatable bonds is 1. The topological polar surface area (TPSA) is 29.5 Å². The number of hydrogen-bond acceptors (Lipinski definition) is 2. The molecule has 0 unspecified atom stereocenters. The fourth-order valence-corrected chi connectivity index (χ4v) is 2.04. The number of halogens is 1. The monoisotopic (exact) mass is 239 g/mol. The van der Waals surface area contributed by atoms with Gasteiger partial charge in [-0.15, -0.1) is 0 Å². The van der Waals surface area contributed by atoms with Gasteiger partial charge < -0.3 is 4.74 Å². The molecular weight excluding hydrogens is 226 g/mol. The lowest BCUT2D eigenvalue weighted by Gasteiger charge is -2.17. The van der Waals surface area contributed by atoms with E-state index in [1.165, 1.54) is 0 Å². The Bertz CT molecular complexity index is 417. The van der Waals surface area contributed by atoms with E-state index in [9.17, 15) is 4.79 Å². The molecule has 1 aliphatic rings. The van der Waals surface area contributed by atoms with Crippen molar-refractivity contribution in [2.45, 2.75) is 33.0 Å². The minimum atomic E-state index is -0.276. The molecule has 1 amide bonds. The Morgan fingerprint density at radius 3 is 2.81 bits per heavy atom. The first-order chi connectivity index (χ1) is 7.58. The molecule has 3 nitrogen and oxygen atoms in total. The quantitative estimate of drug-likeness (QED) is 0.753. The molecule has 1 aromatic carbocycles.